The van der Waals surface area contributed by atoms with Crippen LogP contribution in [0.15, 0.2) is 33.9 Å². The first-order valence-corrected chi connectivity index (χ1v) is 5.47. The third-order valence-corrected chi connectivity index (χ3v) is 3.14. The van der Waals surface area contributed by atoms with Gasteiger partial charge in [0, 0.05) is 7.05 Å². The van der Waals surface area contributed by atoms with Crippen molar-refractivity contribution < 1.29 is 4.74 Å². The molecule has 17 heavy (non-hydrogen) atoms. The number of nitrogens with zero attached hydrogens (tertiary/aromatic N) is 2. The summed E-state index contributed by atoms with van der Waals surface area (Å²) in [5, 5.41) is 0.539. The predicted octanol–water partition coefficient (Wildman–Crippen LogP) is 0.617. The van der Waals surface area contributed by atoms with Gasteiger partial charge in [0.15, 0.2) is 6.23 Å². The summed E-state index contributed by atoms with van der Waals surface area (Å²) in [7, 11) is 1.66. The molecule has 2 atom stereocenters. The molecular formula is C12H12N2O3. The van der Waals surface area contributed by atoms with Crippen molar-refractivity contribution in [3.8, 4) is 0 Å². The molecule has 1 saturated heterocycles. The number of hydrogen-bond donors (Lipinski definition) is 0. The van der Waals surface area contributed by atoms with Crippen molar-refractivity contribution in [2.45, 2.75) is 19.3 Å². The smallest absolute Gasteiger partial charge is 0.333 e. The Morgan fingerprint density at radius 2 is 1.88 bits per heavy atom. The maximum absolute atomic E-state index is 12.2. The highest BCUT2D eigenvalue weighted by Crippen LogP contribution is 2.30. The van der Waals surface area contributed by atoms with Crippen LogP contribution in [0.2, 0.25) is 0 Å². The first kappa shape index (κ1) is 10.3. The molecule has 88 valence electrons. The van der Waals surface area contributed by atoms with E-state index in [0.717, 1.165) is 0 Å². The lowest BCUT2D eigenvalue weighted by atomic mass is 10.2. The van der Waals surface area contributed by atoms with Crippen molar-refractivity contribution in [1.82, 2.24) is 9.13 Å². The minimum Gasteiger partial charge on any atom is -0.347 e. The van der Waals surface area contributed by atoms with Crippen molar-refractivity contribution >= 4 is 10.9 Å². The zero-order valence-corrected chi connectivity index (χ0v) is 9.58. The average molecular weight is 232 g/mol. The zero-order valence-electron chi connectivity index (χ0n) is 9.58. The van der Waals surface area contributed by atoms with Crippen molar-refractivity contribution in [3.05, 3.63) is 45.1 Å². The molecule has 0 radical (unpaired) electrons. The molecule has 2 aromatic rings. The molecule has 0 amide bonds. The van der Waals surface area contributed by atoms with Crippen LogP contribution in [-0.4, -0.2) is 15.2 Å². The van der Waals surface area contributed by atoms with Gasteiger partial charge in [-0.1, -0.05) is 12.1 Å². The Hall–Kier alpha value is -1.88. The number of para-hydroxylation sites is 1. The summed E-state index contributed by atoms with van der Waals surface area (Å²) >= 11 is 0. The van der Waals surface area contributed by atoms with Crippen molar-refractivity contribution in [2.24, 2.45) is 7.05 Å². The van der Waals surface area contributed by atoms with Gasteiger partial charge in [0.2, 0.25) is 0 Å². The Balaban J connectivity index is 2.45. The van der Waals surface area contributed by atoms with E-state index in [1.54, 1.807) is 25.2 Å². The van der Waals surface area contributed by atoms with Gasteiger partial charge in [-0.3, -0.25) is 9.36 Å². The van der Waals surface area contributed by atoms with E-state index in [9.17, 15) is 9.59 Å². The van der Waals surface area contributed by atoms with Gasteiger partial charge in [-0.15, -0.1) is 0 Å². The summed E-state index contributed by atoms with van der Waals surface area (Å²) in [6.07, 6.45) is -0.479. The molecular weight excluding hydrogens is 220 g/mol. The summed E-state index contributed by atoms with van der Waals surface area (Å²) in [6, 6.07) is 7.08. The van der Waals surface area contributed by atoms with E-state index in [2.05, 4.69) is 0 Å². The number of rotatable bonds is 1. The molecule has 2 unspecified atom stereocenters. The predicted molar refractivity (Wildman–Crippen MR) is 63.0 cm³/mol. The topological polar surface area (TPSA) is 56.5 Å². The monoisotopic (exact) mass is 232 g/mol. The molecule has 1 aromatic carbocycles. The fourth-order valence-corrected chi connectivity index (χ4v) is 2.10. The van der Waals surface area contributed by atoms with Crippen molar-refractivity contribution in [2.75, 3.05) is 0 Å². The molecule has 0 N–H and O–H groups in total. The van der Waals surface area contributed by atoms with Crippen LogP contribution in [-0.2, 0) is 11.8 Å². The molecule has 1 fully saturated rings. The van der Waals surface area contributed by atoms with E-state index < -0.39 is 6.23 Å². The third kappa shape index (κ3) is 1.36. The second-order valence-corrected chi connectivity index (χ2v) is 4.27. The molecule has 1 aromatic heterocycles. The quantitative estimate of drug-likeness (QED) is 0.677. The number of aryl methyl sites for hydroxylation is 1. The maximum Gasteiger partial charge on any atom is 0.333 e. The normalized spacial score (nSPS) is 22.9. The summed E-state index contributed by atoms with van der Waals surface area (Å²) in [4.78, 5) is 24.3. The molecule has 1 aliphatic heterocycles. The number of aromatic nitrogens is 2. The van der Waals surface area contributed by atoms with Crippen LogP contribution in [0.3, 0.4) is 0 Å². The minimum atomic E-state index is -0.411. The lowest BCUT2D eigenvalue weighted by molar-refractivity contribution is 0.326. The molecule has 5 nitrogen and oxygen atoms in total. The Kier molecular flexibility index (Phi) is 2.00. The van der Waals surface area contributed by atoms with E-state index in [-0.39, 0.29) is 17.4 Å². The zero-order chi connectivity index (χ0) is 12.2. The second-order valence-electron chi connectivity index (χ2n) is 4.27. The molecule has 0 saturated carbocycles. The van der Waals surface area contributed by atoms with E-state index >= 15 is 0 Å². The van der Waals surface area contributed by atoms with Gasteiger partial charge in [-0.2, -0.15) is 0 Å². The van der Waals surface area contributed by atoms with Gasteiger partial charge >= 0.3 is 5.69 Å². The van der Waals surface area contributed by atoms with Gasteiger partial charge < -0.3 is 4.74 Å². The van der Waals surface area contributed by atoms with Gasteiger partial charge in [-0.05, 0) is 19.1 Å². The standard InChI is InChI=1S/C12H12N2O3/c1-7-11(17-7)14-10(15)8-5-3-4-6-9(8)13(2)12(14)16/h3-7,11H,1-2H3. The Morgan fingerprint density at radius 3 is 2.53 bits per heavy atom. The number of epoxide rings is 1. The number of hydrogen-bond acceptors (Lipinski definition) is 3. The second kappa shape index (κ2) is 3.30. The summed E-state index contributed by atoms with van der Waals surface area (Å²) in [5.74, 6) is 0. The van der Waals surface area contributed by atoms with Crippen LogP contribution in [0.4, 0.5) is 0 Å². The fraction of sp³-hybridized carbons (Fsp3) is 0.333. The summed E-state index contributed by atoms with van der Waals surface area (Å²) < 4.78 is 7.88. The Morgan fingerprint density at radius 1 is 1.24 bits per heavy atom. The van der Waals surface area contributed by atoms with Crippen LogP contribution in [0.5, 0.6) is 0 Å². The summed E-state index contributed by atoms with van der Waals surface area (Å²) in [6.45, 7) is 1.84. The Labute approximate surface area is 96.9 Å². The molecule has 0 bridgehead atoms. The van der Waals surface area contributed by atoms with Gasteiger partial charge in [0.05, 0.1) is 10.9 Å². The van der Waals surface area contributed by atoms with Crippen molar-refractivity contribution in [3.63, 3.8) is 0 Å². The van der Waals surface area contributed by atoms with E-state index in [1.165, 1.54) is 9.13 Å². The van der Waals surface area contributed by atoms with Crippen LogP contribution in [0.1, 0.15) is 13.2 Å². The van der Waals surface area contributed by atoms with Gasteiger partial charge in [-0.25, -0.2) is 9.36 Å². The average Bonchev–Trinajstić information content (AvgIpc) is 3.04. The minimum absolute atomic E-state index is 0.0680. The number of fused-ring (bicyclic) bond motifs is 1. The lowest BCUT2D eigenvalue weighted by Crippen LogP contribution is -2.39. The molecule has 0 aliphatic carbocycles. The van der Waals surface area contributed by atoms with Crippen LogP contribution >= 0.6 is 0 Å². The fourth-order valence-electron chi connectivity index (χ4n) is 2.10. The highest BCUT2D eigenvalue weighted by atomic mass is 16.6. The third-order valence-electron chi connectivity index (χ3n) is 3.14. The summed E-state index contributed by atoms with van der Waals surface area (Å²) in [5.41, 5.74) is 0.0353. The van der Waals surface area contributed by atoms with Crippen molar-refractivity contribution in [1.29, 1.82) is 0 Å². The molecule has 5 heteroatoms. The lowest BCUT2D eigenvalue weighted by Gasteiger charge is -2.08. The van der Waals surface area contributed by atoms with Gasteiger partial charge in [0.25, 0.3) is 5.56 Å². The van der Waals surface area contributed by atoms with Gasteiger partial charge in [0.1, 0.15) is 6.10 Å². The first-order chi connectivity index (χ1) is 8.11. The molecule has 3 rings (SSSR count). The molecule has 2 heterocycles. The maximum atomic E-state index is 12.2. The van der Waals surface area contributed by atoms with Crippen LogP contribution in [0, 0.1) is 0 Å². The highest BCUT2D eigenvalue weighted by Gasteiger charge is 2.39. The number of benzene rings is 1. The number of ether oxygens (including phenoxy) is 1. The van der Waals surface area contributed by atoms with E-state index in [4.69, 9.17) is 4.74 Å². The van der Waals surface area contributed by atoms with Crippen LogP contribution in [0.25, 0.3) is 10.9 Å². The molecule has 0 spiro atoms. The highest BCUT2D eigenvalue weighted by molar-refractivity contribution is 5.77. The van der Waals surface area contributed by atoms with E-state index in [0.29, 0.717) is 10.9 Å². The van der Waals surface area contributed by atoms with E-state index in [1.807, 2.05) is 13.0 Å². The SMILES string of the molecule is CC1OC1n1c(=O)c2ccccc2n(C)c1=O. The van der Waals surface area contributed by atoms with Crippen LogP contribution < -0.4 is 11.2 Å². The Bertz CT molecular complexity index is 714. The largest absolute Gasteiger partial charge is 0.347 e. The first-order valence-electron chi connectivity index (χ1n) is 5.47. The molecule has 1 aliphatic rings.